The van der Waals surface area contributed by atoms with Gasteiger partial charge in [-0.25, -0.2) is 5.43 Å². The molecule has 0 aliphatic carbocycles. The van der Waals surface area contributed by atoms with E-state index in [1.807, 2.05) is 13.0 Å². The second-order valence-electron chi connectivity index (χ2n) is 5.73. The standard InChI is InChI=1S/C21H22Cl2N2O3S/c1-3-10-28-19-9-8-15(11-20(19)27-4-2)12-24-25-21(26)14-29-13-16-17(22)6-5-7-18(16)23/h3,5-9,11-12H,1,4,10,13-14H2,2H3,(H,25,26)/b24-12-. The van der Waals surface area contributed by atoms with Crippen LogP contribution in [0.15, 0.2) is 54.2 Å². The second-order valence-corrected chi connectivity index (χ2v) is 7.53. The summed E-state index contributed by atoms with van der Waals surface area (Å²) < 4.78 is 11.1. The van der Waals surface area contributed by atoms with Crippen molar-refractivity contribution in [3.8, 4) is 11.5 Å². The van der Waals surface area contributed by atoms with Gasteiger partial charge >= 0.3 is 0 Å². The zero-order chi connectivity index (χ0) is 21.1. The fourth-order valence-corrected chi connectivity index (χ4v) is 3.82. The van der Waals surface area contributed by atoms with Crippen LogP contribution in [0.1, 0.15) is 18.1 Å². The SMILES string of the molecule is C=CCOc1ccc(/C=N\NC(=O)CSCc2c(Cl)cccc2Cl)cc1OCC. The molecule has 0 unspecified atom stereocenters. The van der Waals surface area contributed by atoms with E-state index >= 15 is 0 Å². The van der Waals surface area contributed by atoms with Crippen LogP contribution in [0.2, 0.25) is 10.0 Å². The van der Waals surface area contributed by atoms with Crippen molar-refractivity contribution in [1.29, 1.82) is 0 Å². The largest absolute Gasteiger partial charge is 0.490 e. The van der Waals surface area contributed by atoms with E-state index in [1.165, 1.54) is 11.8 Å². The lowest BCUT2D eigenvalue weighted by Crippen LogP contribution is -2.19. The summed E-state index contributed by atoms with van der Waals surface area (Å²) in [5.41, 5.74) is 4.10. The molecule has 0 spiro atoms. The molecule has 0 aliphatic heterocycles. The van der Waals surface area contributed by atoms with Crippen LogP contribution < -0.4 is 14.9 Å². The number of ether oxygens (including phenoxy) is 2. The Labute approximate surface area is 185 Å². The number of thioether (sulfide) groups is 1. The fourth-order valence-electron chi connectivity index (χ4n) is 2.27. The molecule has 2 aromatic rings. The van der Waals surface area contributed by atoms with Gasteiger partial charge in [-0.3, -0.25) is 4.79 Å². The van der Waals surface area contributed by atoms with E-state index in [2.05, 4.69) is 17.1 Å². The number of hydrazone groups is 1. The highest BCUT2D eigenvalue weighted by molar-refractivity contribution is 7.99. The van der Waals surface area contributed by atoms with Crippen LogP contribution in [-0.2, 0) is 10.5 Å². The highest BCUT2D eigenvalue weighted by atomic mass is 35.5. The number of amides is 1. The first-order chi connectivity index (χ1) is 14.0. The highest BCUT2D eigenvalue weighted by Crippen LogP contribution is 2.29. The minimum atomic E-state index is -0.217. The van der Waals surface area contributed by atoms with Crippen molar-refractivity contribution >= 4 is 47.1 Å². The van der Waals surface area contributed by atoms with Crippen LogP contribution in [0.5, 0.6) is 11.5 Å². The van der Waals surface area contributed by atoms with Gasteiger partial charge in [-0.1, -0.05) is 41.9 Å². The lowest BCUT2D eigenvalue weighted by Gasteiger charge is -2.11. The summed E-state index contributed by atoms with van der Waals surface area (Å²) in [5.74, 6) is 1.79. The Morgan fingerprint density at radius 3 is 2.66 bits per heavy atom. The predicted molar refractivity (Wildman–Crippen MR) is 122 cm³/mol. The number of nitrogens with one attached hydrogen (secondary N) is 1. The molecule has 5 nitrogen and oxygen atoms in total. The van der Waals surface area contributed by atoms with Gasteiger partial charge < -0.3 is 9.47 Å². The average molecular weight is 453 g/mol. The van der Waals surface area contributed by atoms with Gasteiger partial charge in [-0.05, 0) is 48.4 Å². The molecular weight excluding hydrogens is 431 g/mol. The number of carbonyl (C=O) groups is 1. The molecule has 0 atom stereocenters. The number of nitrogens with zero attached hydrogens (tertiary/aromatic N) is 1. The summed E-state index contributed by atoms with van der Waals surface area (Å²) in [5, 5.41) is 5.18. The Morgan fingerprint density at radius 2 is 1.97 bits per heavy atom. The Bertz CT molecular complexity index is 855. The van der Waals surface area contributed by atoms with Crippen molar-refractivity contribution < 1.29 is 14.3 Å². The van der Waals surface area contributed by atoms with Gasteiger partial charge in [-0.2, -0.15) is 5.10 Å². The van der Waals surface area contributed by atoms with Gasteiger partial charge in [0, 0.05) is 15.8 Å². The number of carbonyl (C=O) groups excluding carboxylic acids is 1. The van der Waals surface area contributed by atoms with Gasteiger partial charge in [0.25, 0.3) is 0 Å². The lowest BCUT2D eigenvalue weighted by molar-refractivity contribution is -0.118. The number of hydrogen-bond donors (Lipinski definition) is 1. The molecule has 2 rings (SSSR count). The minimum Gasteiger partial charge on any atom is -0.490 e. The quantitative estimate of drug-likeness (QED) is 0.284. The number of rotatable bonds is 11. The first-order valence-corrected chi connectivity index (χ1v) is 10.8. The predicted octanol–water partition coefficient (Wildman–Crippen LogP) is 5.34. The van der Waals surface area contributed by atoms with Crippen molar-refractivity contribution in [2.45, 2.75) is 12.7 Å². The Morgan fingerprint density at radius 1 is 1.21 bits per heavy atom. The molecule has 8 heteroatoms. The van der Waals surface area contributed by atoms with Gasteiger partial charge in [0.1, 0.15) is 6.61 Å². The molecule has 154 valence electrons. The molecule has 29 heavy (non-hydrogen) atoms. The molecular formula is C21H22Cl2N2O3S. The van der Waals surface area contributed by atoms with Crippen molar-refractivity contribution in [2.75, 3.05) is 19.0 Å². The molecule has 0 saturated heterocycles. The second kappa shape index (κ2) is 12.4. The summed E-state index contributed by atoms with van der Waals surface area (Å²) in [6, 6.07) is 10.8. The molecule has 0 radical (unpaired) electrons. The molecule has 1 N–H and O–H groups in total. The summed E-state index contributed by atoms with van der Waals surface area (Å²) in [4.78, 5) is 12.0. The van der Waals surface area contributed by atoms with Gasteiger partial charge in [0.05, 0.1) is 18.6 Å². The summed E-state index contributed by atoms with van der Waals surface area (Å²) in [6.45, 7) is 6.42. The van der Waals surface area contributed by atoms with Gasteiger partial charge in [0.15, 0.2) is 11.5 Å². The maximum Gasteiger partial charge on any atom is 0.250 e. The van der Waals surface area contributed by atoms with Crippen LogP contribution in [-0.4, -0.2) is 31.1 Å². The third kappa shape index (κ3) is 7.65. The van der Waals surface area contributed by atoms with Crippen molar-refractivity contribution in [2.24, 2.45) is 5.10 Å². The van der Waals surface area contributed by atoms with E-state index in [0.29, 0.717) is 40.5 Å². The van der Waals surface area contributed by atoms with E-state index in [1.54, 1.807) is 42.6 Å². The zero-order valence-corrected chi connectivity index (χ0v) is 18.3. The minimum absolute atomic E-state index is 0.217. The molecule has 0 aromatic heterocycles. The topological polar surface area (TPSA) is 59.9 Å². The van der Waals surface area contributed by atoms with E-state index < -0.39 is 0 Å². The summed E-state index contributed by atoms with van der Waals surface area (Å²) in [7, 11) is 0. The van der Waals surface area contributed by atoms with Gasteiger partial charge in [0.2, 0.25) is 5.91 Å². The third-order valence-electron chi connectivity index (χ3n) is 3.57. The van der Waals surface area contributed by atoms with Crippen LogP contribution in [0.4, 0.5) is 0 Å². The monoisotopic (exact) mass is 452 g/mol. The van der Waals surface area contributed by atoms with E-state index in [0.717, 1.165) is 11.1 Å². The van der Waals surface area contributed by atoms with Crippen LogP contribution >= 0.6 is 35.0 Å². The Kier molecular flexibility index (Phi) is 9.91. The molecule has 0 aliphatic rings. The van der Waals surface area contributed by atoms with Gasteiger partial charge in [-0.15, -0.1) is 11.8 Å². The molecule has 0 fully saturated rings. The van der Waals surface area contributed by atoms with Crippen LogP contribution in [0.25, 0.3) is 0 Å². The Balaban J connectivity index is 1.86. The van der Waals surface area contributed by atoms with E-state index in [-0.39, 0.29) is 11.7 Å². The first kappa shape index (κ1) is 23.1. The van der Waals surface area contributed by atoms with Crippen LogP contribution in [0, 0.1) is 0 Å². The Hall–Kier alpha value is -2.15. The number of halogens is 2. The third-order valence-corrected chi connectivity index (χ3v) is 5.24. The van der Waals surface area contributed by atoms with Crippen molar-refractivity contribution in [3.63, 3.8) is 0 Å². The first-order valence-electron chi connectivity index (χ1n) is 8.88. The molecule has 2 aromatic carbocycles. The molecule has 0 saturated carbocycles. The van der Waals surface area contributed by atoms with Crippen molar-refractivity contribution in [1.82, 2.24) is 5.43 Å². The lowest BCUT2D eigenvalue weighted by atomic mass is 10.2. The maximum absolute atomic E-state index is 12.0. The smallest absolute Gasteiger partial charge is 0.250 e. The van der Waals surface area contributed by atoms with Crippen LogP contribution in [0.3, 0.4) is 0 Å². The van der Waals surface area contributed by atoms with E-state index in [4.69, 9.17) is 32.7 Å². The summed E-state index contributed by atoms with van der Waals surface area (Å²) in [6.07, 6.45) is 3.21. The van der Waals surface area contributed by atoms with E-state index in [9.17, 15) is 4.79 Å². The number of hydrogen-bond acceptors (Lipinski definition) is 5. The summed E-state index contributed by atoms with van der Waals surface area (Å²) >= 11 is 13.7. The molecule has 0 heterocycles. The van der Waals surface area contributed by atoms with Crippen molar-refractivity contribution in [3.05, 3.63) is 70.2 Å². The number of benzene rings is 2. The fraction of sp³-hybridized carbons (Fsp3) is 0.238. The molecule has 0 bridgehead atoms. The highest BCUT2D eigenvalue weighted by Gasteiger charge is 2.08. The normalized spacial score (nSPS) is 10.7. The zero-order valence-electron chi connectivity index (χ0n) is 16.0. The average Bonchev–Trinajstić information content (AvgIpc) is 2.70. The maximum atomic E-state index is 12.0. The molecule has 1 amide bonds.